The zero-order chi connectivity index (χ0) is 19.0. The van der Waals surface area contributed by atoms with Crippen molar-refractivity contribution in [2.75, 3.05) is 0 Å². The van der Waals surface area contributed by atoms with Gasteiger partial charge in [-0.1, -0.05) is 37.3 Å². The zero-order valence-corrected chi connectivity index (χ0v) is 16.7. The van der Waals surface area contributed by atoms with E-state index in [1.165, 1.54) is 33.1 Å². The summed E-state index contributed by atoms with van der Waals surface area (Å²) in [5.74, 6) is -0.239. The Morgan fingerprint density at radius 3 is 2.59 bits per heavy atom. The predicted molar refractivity (Wildman–Crippen MR) is 108 cm³/mol. The number of carbonyl (C=O) groups is 2. The number of benzene rings is 1. The van der Waals surface area contributed by atoms with Crippen molar-refractivity contribution in [2.24, 2.45) is 0 Å². The van der Waals surface area contributed by atoms with E-state index in [1.807, 2.05) is 22.9 Å². The Morgan fingerprint density at radius 2 is 1.93 bits per heavy atom. The fourth-order valence-corrected chi connectivity index (χ4v) is 4.78. The van der Waals surface area contributed by atoms with E-state index in [1.54, 1.807) is 6.92 Å². The monoisotopic (exact) mass is 397 g/mol. The van der Waals surface area contributed by atoms with Gasteiger partial charge in [-0.15, -0.1) is 22.7 Å². The Morgan fingerprint density at radius 1 is 1.15 bits per heavy atom. The Bertz CT molecular complexity index is 979. The summed E-state index contributed by atoms with van der Waals surface area (Å²) in [4.78, 5) is 32.0. The second kappa shape index (κ2) is 6.90. The van der Waals surface area contributed by atoms with E-state index in [-0.39, 0.29) is 18.5 Å². The number of aryl methyl sites for hydroxylation is 1. The third kappa shape index (κ3) is 3.17. The highest BCUT2D eigenvalue weighted by Gasteiger charge is 2.49. The average molecular weight is 398 g/mol. The van der Waals surface area contributed by atoms with Gasteiger partial charge < -0.3 is 5.32 Å². The van der Waals surface area contributed by atoms with Gasteiger partial charge in [-0.25, -0.2) is 9.78 Å². The lowest BCUT2D eigenvalue weighted by atomic mass is 10.0. The van der Waals surface area contributed by atoms with Gasteiger partial charge in [0.15, 0.2) is 5.54 Å². The molecule has 1 aromatic carbocycles. The molecule has 1 aliphatic heterocycles. The first kappa shape index (κ1) is 17.9. The minimum absolute atomic E-state index is 0.176. The Balaban J connectivity index is 1.53. The van der Waals surface area contributed by atoms with Gasteiger partial charge in [0.05, 0.1) is 12.2 Å². The molecule has 1 N–H and O–H groups in total. The second-order valence-electron chi connectivity index (χ2n) is 6.62. The summed E-state index contributed by atoms with van der Waals surface area (Å²) in [6, 6.07) is 11.7. The normalized spacial score (nSPS) is 19.6. The molecule has 0 spiro atoms. The molecular weight excluding hydrogens is 378 g/mol. The molecule has 7 heteroatoms. The summed E-state index contributed by atoms with van der Waals surface area (Å²) in [6.45, 7) is 4.05. The lowest BCUT2D eigenvalue weighted by molar-refractivity contribution is -0.131. The van der Waals surface area contributed by atoms with E-state index < -0.39 is 5.54 Å². The molecule has 1 aliphatic rings. The van der Waals surface area contributed by atoms with E-state index >= 15 is 0 Å². The van der Waals surface area contributed by atoms with Gasteiger partial charge >= 0.3 is 6.03 Å². The van der Waals surface area contributed by atoms with Gasteiger partial charge in [0, 0.05) is 15.8 Å². The molecule has 3 heterocycles. The standard InChI is InChI=1S/C20H19N3O2S2/c1-3-13-6-8-14(9-7-13)17-21-15(12-27-17)11-23-18(24)20(2,22-19(23)25)16-5-4-10-26-16/h4-10,12H,3,11H2,1-2H3,(H,22,25). The van der Waals surface area contributed by atoms with Crippen LogP contribution in [0.3, 0.4) is 0 Å². The highest BCUT2D eigenvalue weighted by Crippen LogP contribution is 2.33. The van der Waals surface area contributed by atoms with Gasteiger partial charge in [-0.05, 0) is 30.4 Å². The molecule has 4 rings (SSSR count). The quantitative estimate of drug-likeness (QED) is 0.649. The molecule has 0 bridgehead atoms. The summed E-state index contributed by atoms with van der Waals surface area (Å²) in [6.07, 6.45) is 0.999. The number of urea groups is 1. The first-order chi connectivity index (χ1) is 13.0. The largest absolute Gasteiger partial charge is 0.325 e. The average Bonchev–Trinajstić information content (AvgIpc) is 3.41. The zero-order valence-electron chi connectivity index (χ0n) is 15.1. The number of thiophene rings is 1. The minimum atomic E-state index is -1.000. The summed E-state index contributed by atoms with van der Waals surface area (Å²) in [5.41, 5.74) is 2.04. The van der Waals surface area contributed by atoms with E-state index in [0.717, 1.165) is 21.9 Å². The third-order valence-electron chi connectivity index (χ3n) is 4.77. The van der Waals surface area contributed by atoms with Crippen LogP contribution in [0, 0.1) is 0 Å². The van der Waals surface area contributed by atoms with Crippen molar-refractivity contribution in [1.29, 1.82) is 0 Å². The van der Waals surface area contributed by atoms with Gasteiger partial charge in [0.1, 0.15) is 5.01 Å². The molecule has 1 unspecified atom stereocenters. The number of hydrogen-bond acceptors (Lipinski definition) is 5. The van der Waals surface area contributed by atoms with Crippen molar-refractivity contribution >= 4 is 34.6 Å². The molecule has 5 nitrogen and oxygen atoms in total. The second-order valence-corrected chi connectivity index (χ2v) is 8.42. The fraction of sp³-hybridized carbons (Fsp3) is 0.250. The predicted octanol–water partition coefficient (Wildman–Crippen LogP) is 4.40. The third-order valence-corrected chi connectivity index (χ3v) is 6.80. The highest BCUT2D eigenvalue weighted by atomic mass is 32.1. The number of rotatable bonds is 5. The lowest BCUT2D eigenvalue weighted by Gasteiger charge is -2.19. The van der Waals surface area contributed by atoms with Crippen LogP contribution in [0.1, 0.15) is 30.0 Å². The van der Waals surface area contributed by atoms with Gasteiger partial charge in [0.25, 0.3) is 5.91 Å². The van der Waals surface area contributed by atoms with Crippen LogP contribution in [-0.4, -0.2) is 21.8 Å². The van der Waals surface area contributed by atoms with Crippen LogP contribution in [0.25, 0.3) is 10.6 Å². The van der Waals surface area contributed by atoms with Crippen molar-refractivity contribution in [3.8, 4) is 10.6 Å². The van der Waals surface area contributed by atoms with Crippen molar-refractivity contribution in [1.82, 2.24) is 15.2 Å². The van der Waals surface area contributed by atoms with E-state index in [4.69, 9.17) is 0 Å². The number of nitrogens with one attached hydrogen (secondary N) is 1. The molecule has 2 aromatic heterocycles. The van der Waals surface area contributed by atoms with Crippen LogP contribution < -0.4 is 5.32 Å². The number of amides is 3. The van der Waals surface area contributed by atoms with Crippen LogP contribution in [0.5, 0.6) is 0 Å². The van der Waals surface area contributed by atoms with Gasteiger partial charge in [0.2, 0.25) is 0 Å². The maximum atomic E-state index is 12.9. The van der Waals surface area contributed by atoms with E-state index in [0.29, 0.717) is 5.69 Å². The Kier molecular flexibility index (Phi) is 4.57. The number of aromatic nitrogens is 1. The summed E-state index contributed by atoms with van der Waals surface area (Å²) < 4.78 is 0. The molecule has 0 aliphatic carbocycles. The maximum absolute atomic E-state index is 12.9. The topological polar surface area (TPSA) is 62.3 Å². The summed E-state index contributed by atoms with van der Waals surface area (Å²) >= 11 is 2.98. The molecule has 1 saturated heterocycles. The van der Waals surface area contributed by atoms with Crippen LogP contribution in [-0.2, 0) is 23.3 Å². The Hall–Kier alpha value is -2.51. The van der Waals surface area contributed by atoms with Crippen LogP contribution >= 0.6 is 22.7 Å². The molecule has 0 saturated carbocycles. The molecule has 3 aromatic rings. The van der Waals surface area contributed by atoms with Crippen molar-refractivity contribution < 1.29 is 9.59 Å². The number of imide groups is 1. The molecule has 1 fully saturated rings. The van der Waals surface area contributed by atoms with Gasteiger partial charge in [-0.3, -0.25) is 9.69 Å². The fourth-order valence-electron chi connectivity index (χ4n) is 3.13. The maximum Gasteiger partial charge on any atom is 0.325 e. The minimum Gasteiger partial charge on any atom is -0.319 e. The number of hydrogen-bond donors (Lipinski definition) is 1. The number of thiazole rings is 1. The van der Waals surface area contributed by atoms with Crippen molar-refractivity contribution in [3.63, 3.8) is 0 Å². The van der Waals surface area contributed by atoms with Crippen LogP contribution in [0.2, 0.25) is 0 Å². The molecule has 27 heavy (non-hydrogen) atoms. The Labute approximate surface area is 165 Å². The van der Waals surface area contributed by atoms with Gasteiger partial charge in [-0.2, -0.15) is 0 Å². The SMILES string of the molecule is CCc1ccc(-c2nc(CN3C(=O)NC(C)(c4cccs4)C3=O)cs2)cc1. The summed E-state index contributed by atoms with van der Waals surface area (Å²) in [5, 5.41) is 7.53. The van der Waals surface area contributed by atoms with Crippen molar-refractivity contribution in [3.05, 3.63) is 63.3 Å². The highest BCUT2D eigenvalue weighted by molar-refractivity contribution is 7.13. The lowest BCUT2D eigenvalue weighted by Crippen LogP contribution is -2.40. The first-order valence-electron chi connectivity index (χ1n) is 8.73. The van der Waals surface area contributed by atoms with E-state index in [9.17, 15) is 9.59 Å². The molecule has 1 atom stereocenters. The van der Waals surface area contributed by atoms with E-state index in [2.05, 4.69) is 41.5 Å². The summed E-state index contributed by atoms with van der Waals surface area (Å²) in [7, 11) is 0. The molecule has 0 radical (unpaired) electrons. The number of nitrogens with zero attached hydrogens (tertiary/aromatic N) is 2. The molecule has 138 valence electrons. The van der Waals surface area contributed by atoms with Crippen molar-refractivity contribution in [2.45, 2.75) is 32.4 Å². The first-order valence-corrected chi connectivity index (χ1v) is 10.5. The molecular formula is C20H19N3O2S2. The number of carbonyl (C=O) groups excluding carboxylic acids is 2. The van der Waals surface area contributed by atoms with Crippen LogP contribution in [0.4, 0.5) is 4.79 Å². The smallest absolute Gasteiger partial charge is 0.319 e. The molecule has 3 amide bonds. The van der Waals surface area contributed by atoms with Crippen LogP contribution in [0.15, 0.2) is 47.2 Å².